The van der Waals surface area contributed by atoms with E-state index in [0.29, 0.717) is 6.42 Å². The fraction of sp³-hybridized carbons (Fsp3) is 0.312. The molecule has 21 heavy (non-hydrogen) atoms. The molecule has 108 valence electrons. The van der Waals surface area contributed by atoms with Crippen LogP contribution in [-0.2, 0) is 13.0 Å². The molecular formula is C16H19N5. The highest BCUT2D eigenvalue weighted by Gasteiger charge is 2.13. The number of hydrogen-bond acceptors (Lipinski definition) is 4. The Bertz CT molecular complexity index is 775. The van der Waals surface area contributed by atoms with Gasteiger partial charge in [0, 0.05) is 25.6 Å². The molecule has 2 aromatic heterocycles. The van der Waals surface area contributed by atoms with E-state index in [4.69, 9.17) is 4.98 Å². The Morgan fingerprint density at radius 2 is 2.00 bits per heavy atom. The second-order valence-electron chi connectivity index (χ2n) is 4.98. The van der Waals surface area contributed by atoms with Crippen LogP contribution < -0.4 is 5.32 Å². The molecule has 0 bridgehead atoms. The molecule has 1 aromatic carbocycles. The van der Waals surface area contributed by atoms with Crippen molar-refractivity contribution in [3.8, 4) is 0 Å². The molecule has 2 heterocycles. The molecule has 0 amide bonds. The largest absolute Gasteiger partial charge is 0.373 e. The number of rotatable bonds is 4. The molecule has 5 heteroatoms. The highest BCUT2D eigenvalue weighted by molar-refractivity contribution is 5.76. The molecule has 3 aromatic rings. The summed E-state index contributed by atoms with van der Waals surface area (Å²) in [6.45, 7) is 5.09. The van der Waals surface area contributed by atoms with Crippen molar-refractivity contribution in [2.45, 2.75) is 26.8 Å². The van der Waals surface area contributed by atoms with Crippen molar-refractivity contribution < 1.29 is 0 Å². The van der Waals surface area contributed by atoms with Gasteiger partial charge in [0.25, 0.3) is 0 Å². The van der Waals surface area contributed by atoms with Crippen LogP contribution >= 0.6 is 0 Å². The average Bonchev–Trinajstić information content (AvgIpc) is 2.86. The standard InChI is InChI=1S/C16H19N5/c1-4-21-14-8-6-5-7-12(14)20-15(21)9-13-11(2)16(17-3)19-10-18-13/h5-8,10H,4,9H2,1-3H3,(H,17,18,19). The van der Waals surface area contributed by atoms with Crippen molar-refractivity contribution in [2.75, 3.05) is 12.4 Å². The summed E-state index contributed by atoms with van der Waals surface area (Å²) in [7, 11) is 1.88. The van der Waals surface area contributed by atoms with Crippen LogP contribution in [0, 0.1) is 6.92 Å². The quantitative estimate of drug-likeness (QED) is 0.799. The van der Waals surface area contributed by atoms with Crippen LogP contribution in [0.2, 0.25) is 0 Å². The SMILES string of the molecule is CCn1c(Cc2ncnc(NC)c2C)nc2ccccc21. The summed E-state index contributed by atoms with van der Waals surface area (Å²) in [5.41, 5.74) is 4.31. The minimum Gasteiger partial charge on any atom is -0.373 e. The van der Waals surface area contributed by atoms with Gasteiger partial charge in [-0.1, -0.05) is 12.1 Å². The van der Waals surface area contributed by atoms with Crippen LogP contribution in [0.3, 0.4) is 0 Å². The summed E-state index contributed by atoms with van der Waals surface area (Å²) in [6, 6.07) is 8.24. The van der Waals surface area contributed by atoms with Gasteiger partial charge in [0.15, 0.2) is 0 Å². The summed E-state index contributed by atoms with van der Waals surface area (Å²) in [4.78, 5) is 13.4. The number of hydrogen-bond donors (Lipinski definition) is 1. The van der Waals surface area contributed by atoms with Crippen molar-refractivity contribution in [3.63, 3.8) is 0 Å². The number of imidazole rings is 1. The smallest absolute Gasteiger partial charge is 0.132 e. The maximum Gasteiger partial charge on any atom is 0.132 e. The minimum atomic E-state index is 0.714. The molecule has 0 atom stereocenters. The van der Waals surface area contributed by atoms with Crippen molar-refractivity contribution in [1.29, 1.82) is 0 Å². The van der Waals surface area contributed by atoms with Gasteiger partial charge in [-0.25, -0.2) is 15.0 Å². The molecule has 0 aliphatic carbocycles. The van der Waals surface area contributed by atoms with Crippen molar-refractivity contribution in [2.24, 2.45) is 0 Å². The summed E-state index contributed by atoms with van der Waals surface area (Å²) < 4.78 is 2.25. The van der Waals surface area contributed by atoms with Crippen LogP contribution in [0.5, 0.6) is 0 Å². The molecule has 0 spiro atoms. The van der Waals surface area contributed by atoms with Crippen LogP contribution in [0.25, 0.3) is 11.0 Å². The lowest BCUT2D eigenvalue weighted by atomic mass is 10.1. The molecule has 1 N–H and O–H groups in total. The Morgan fingerprint density at radius 1 is 1.19 bits per heavy atom. The maximum atomic E-state index is 4.76. The van der Waals surface area contributed by atoms with Crippen molar-refractivity contribution >= 4 is 16.9 Å². The fourth-order valence-corrected chi connectivity index (χ4v) is 2.68. The van der Waals surface area contributed by atoms with Gasteiger partial charge in [0.05, 0.1) is 16.7 Å². The Kier molecular flexibility index (Phi) is 3.56. The van der Waals surface area contributed by atoms with Gasteiger partial charge in [-0.05, 0) is 26.0 Å². The number of aromatic nitrogens is 4. The zero-order valence-corrected chi connectivity index (χ0v) is 12.6. The molecular weight excluding hydrogens is 262 g/mol. The zero-order chi connectivity index (χ0) is 14.8. The molecule has 0 aliphatic heterocycles. The topological polar surface area (TPSA) is 55.6 Å². The number of nitrogens with one attached hydrogen (secondary N) is 1. The molecule has 0 aliphatic rings. The van der Waals surface area contributed by atoms with Crippen LogP contribution in [-0.4, -0.2) is 26.6 Å². The lowest BCUT2D eigenvalue weighted by Crippen LogP contribution is -2.07. The molecule has 3 rings (SSSR count). The van der Waals surface area contributed by atoms with E-state index in [0.717, 1.165) is 35.0 Å². The van der Waals surface area contributed by atoms with Gasteiger partial charge in [0.1, 0.15) is 18.0 Å². The van der Waals surface area contributed by atoms with E-state index in [1.165, 1.54) is 5.52 Å². The van der Waals surface area contributed by atoms with Crippen LogP contribution in [0.4, 0.5) is 5.82 Å². The third-order valence-corrected chi connectivity index (χ3v) is 3.80. The zero-order valence-electron chi connectivity index (χ0n) is 12.6. The maximum absolute atomic E-state index is 4.76. The first-order valence-electron chi connectivity index (χ1n) is 7.17. The van der Waals surface area contributed by atoms with Gasteiger partial charge in [0.2, 0.25) is 0 Å². The molecule has 0 unspecified atom stereocenters. The van der Waals surface area contributed by atoms with E-state index >= 15 is 0 Å². The number of aryl methyl sites for hydroxylation is 1. The van der Waals surface area contributed by atoms with E-state index < -0.39 is 0 Å². The Balaban J connectivity index is 2.06. The molecule has 0 radical (unpaired) electrons. The van der Waals surface area contributed by atoms with Gasteiger partial charge < -0.3 is 9.88 Å². The van der Waals surface area contributed by atoms with E-state index in [2.05, 4.69) is 45.0 Å². The first-order chi connectivity index (χ1) is 10.2. The molecule has 5 nitrogen and oxygen atoms in total. The number of fused-ring (bicyclic) bond motifs is 1. The summed E-state index contributed by atoms with van der Waals surface area (Å²) in [5.74, 6) is 1.92. The van der Waals surface area contributed by atoms with Gasteiger partial charge in [-0.15, -0.1) is 0 Å². The van der Waals surface area contributed by atoms with E-state index in [1.807, 2.05) is 20.0 Å². The monoisotopic (exact) mass is 281 g/mol. The highest BCUT2D eigenvalue weighted by atomic mass is 15.1. The van der Waals surface area contributed by atoms with E-state index in [-0.39, 0.29) is 0 Å². The second kappa shape index (κ2) is 5.52. The lowest BCUT2D eigenvalue weighted by molar-refractivity contribution is 0.727. The summed E-state index contributed by atoms with van der Waals surface area (Å²) >= 11 is 0. The number of nitrogens with zero attached hydrogens (tertiary/aromatic N) is 4. The molecule has 0 saturated heterocycles. The van der Waals surface area contributed by atoms with Gasteiger partial charge in [-0.2, -0.15) is 0 Å². The van der Waals surface area contributed by atoms with Crippen LogP contribution in [0.1, 0.15) is 24.0 Å². The van der Waals surface area contributed by atoms with Crippen LogP contribution in [0.15, 0.2) is 30.6 Å². The number of para-hydroxylation sites is 2. The normalized spacial score (nSPS) is 11.0. The van der Waals surface area contributed by atoms with E-state index in [9.17, 15) is 0 Å². The first-order valence-corrected chi connectivity index (χ1v) is 7.17. The predicted octanol–water partition coefficient (Wildman–Crippen LogP) is 2.79. The third-order valence-electron chi connectivity index (χ3n) is 3.80. The second-order valence-corrected chi connectivity index (χ2v) is 4.98. The number of anilines is 1. The minimum absolute atomic E-state index is 0.714. The van der Waals surface area contributed by atoms with Crippen molar-refractivity contribution in [1.82, 2.24) is 19.5 Å². The number of benzene rings is 1. The van der Waals surface area contributed by atoms with Gasteiger partial charge in [-0.3, -0.25) is 0 Å². The van der Waals surface area contributed by atoms with Crippen molar-refractivity contribution in [3.05, 3.63) is 47.7 Å². The van der Waals surface area contributed by atoms with E-state index in [1.54, 1.807) is 6.33 Å². The lowest BCUT2D eigenvalue weighted by Gasteiger charge is -2.10. The molecule has 0 saturated carbocycles. The first kappa shape index (κ1) is 13.5. The average molecular weight is 281 g/mol. The Hall–Kier alpha value is -2.43. The third kappa shape index (κ3) is 2.35. The Labute approximate surface area is 124 Å². The molecule has 0 fully saturated rings. The summed E-state index contributed by atoms with van der Waals surface area (Å²) in [6.07, 6.45) is 2.32. The van der Waals surface area contributed by atoms with Gasteiger partial charge >= 0.3 is 0 Å². The predicted molar refractivity (Wildman–Crippen MR) is 84.5 cm³/mol. The highest BCUT2D eigenvalue weighted by Crippen LogP contribution is 2.20. The summed E-state index contributed by atoms with van der Waals surface area (Å²) in [5, 5.41) is 3.10. The Morgan fingerprint density at radius 3 is 2.76 bits per heavy atom. The fourth-order valence-electron chi connectivity index (χ4n) is 2.68.